The predicted octanol–water partition coefficient (Wildman–Crippen LogP) is 2.66. The molecule has 4 atom stereocenters. The molecule has 0 saturated carbocycles. The largest absolute Gasteiger partial charge is 0.333 e. The van der Waals surface area contributed by atoms with E-state index in [1.807, 2.05) is 0 Å². The topological polar surface area (TPSA) is 23.6 Å². The van der Waals surface area contributed by atoms with Gasteiger partial charge in [-0.1, -0.05) is 12.1 Å². The second kappa shape index (κ2) is 4.82. The molecule has 3 nitrogen and oxygen atoms in total. The van der Waals surface area contributed by atoms with Crippen LogP contribution in [0.4, 0.5) is 0 Å². The fraction of sp³-hybridized carbons (Fsp3) is 0.632. The van der Waals surface area contributed by atoms with E-state index < -0.39 is 62.3 Å². The normalized spacial score (nSPS) is 58.5. The number of aryl methyl sites for hydroxylation is 1. The molecule has 4 heterocycles. The molecule has 3 saturated heterocycles. The maximum absolute atomic E-state index is 13.6. The van der Waals surface area contributed by atoms with E-state index in [4.69, 9.17) is 13.7 Å². The van der Waals surface area contributed by atoms with Gasteiger partial charge >= 0.3 is 0 Å². The van der Waals surface area contributed by atoms with Crippen molar-refractivity contribution in [1.82, 2.24) is 9.80 Å². The molecule has 1 amide bonds. The van der Waals surface area contributed by atoms with E-state index in [0.29, 0.717) is 6.54 Å². The van der Waals surface area contributed by atoms with Gasteiger partial charge in [0.15, 0.2) is 0 Å². The molecule has 3 heteroatoms. The summed E-state index contributed by atoms with van der Waals surface area (Å²) in [6.07, 6.45) is -10.9. The van der Waals surface area contributed by atoms with E-state index in [0.717, 1.165) is 0 Å². The van der Waals surface area contributed by atoms with Crippen molar-refractivity contribution in [1.29, 1.82) is 0 Å². The Labute approximate surface area is 147 Å². The van der Waals surface area contributed by atoms with Gasteiger partial charge in [-0.3, -0.25) is 4.79 Å². The van der Waals surface area contributed by atoms with Gasteiger partial charge in [0.1, 0.15) is 0 Å². The van der Waals surface area contributed by atoms with Crippen LogP contribution in [0.15, 0.2) is 18.2 Å². The summed E-state index contributed by atoms with van der Waals surface area (Å²) in [5.41, 5.74) is -0.461. The zero-order valence-electron chi connectivity index (χ0n) is 23.0. The first-order valence-corrected chi connectivity index (χ1v) is 7.64. The SMILES string of the molecule is [2H]C1([2H])c2cccc3c2[C@@]([2H])(CN([C@@H]2CN4CC[C@H]2C([2H])([2H])C4([2H])[2H])C3=O)C([2H])([2H])C1([2H])[2H]. The molecular weight excluding hydrogens is 272 g/mol. The zero-order valence-corrected chi connectivity index (χ0v) is 12.0. The number of carbonyl (C=O) groups excluding carboxylic acids is 1. The molecule has 116 valence electrons. The van der Waals surface area contributed by atoms with Crippen molar-refractivity contribution in [3.8, 4) is 0 Å². The lowest BCUT2D eigenvalue weighted by Crippen LogP contribution is -2.60. The van der Waals surface area contributed by atoms with Crippen molar-refractivity contribution >= 4 is 5.91 Å². The zero-order chi connectivity index (χ0) is 24.6. The third-order valence-corrected chi connectivity index (χ3v) is 4.99. The van der Waals surface area contributed by atoms with Crippen molar-refractivity contribution in [3.63, 3.8) is 0 Å². The van der Waals surface area contributed by atoms with Crippen LogP contribution in [0.5, 0.6) is 0 Å². The minimum absolute atomic E-state index is 0.0186. The van der Waals surface area contributed by atoms with Crippen LogP contribution in [0.3, 0.4) is 0 Å². The summed E-state index contributed by atoms with van der Waals surface area (Å²) in [5.74, 6) is -3.81. The monoisotopic (exact) mass is 307 g/mol. The van der Waals surface area contributed by atoms with Crippen LogP contribution in [-0.2, 0) is 6.37 Å². The van der Waals surface area contributed by atoms with E-state index in [1.54, 1.807) is 0 Å². The fourth-order valence-electron chi connectivity index (χ4n) is 3.87. The molecule has 0 N–H and O–H groups in total. The maximum atomic E-state index is 13.6. The number of piperidine rings is 3. The van der Waals surface area contributed by atoms with Gasteiger partial charge in [0.25, 0.3) is 5.91 Å². The summed E-state index contributed by atoms with van der Waals surface area (Å²) in [4.78, 5) is 16.1. The van der Waals surface area contributed by atoms with Crippen LogP contribution in [0.2, 0.25) is 0 Å². The number of hydrogen-bond donors (Lipinski definition) is 0. The van der Waals surface area contributed by atoms with Crippen molar-refractivity contribution in [2.75, 3.05) is 26.1 Å². The summed E-state index contributed by atoms with van der Waals surface area (Å²) in [5, 5.41) is 0. The average molecular weight is 307 g/mol. The molecular formula is C19H24N2O. The van der Waals surface area contributed by atoms with Gasteiger partial charge < -0.3 is 9.80 Å². The molecule has 0 aromatic heterocycles. The lowest BCUT2D eigenvalue weighted by Gasteiger charge is -2.51. The summed E-state index contributed by atoms with van der Waals surface area (Å²) in [6.45, 7) is -2.48. The van der Waals surface area contributed by atoms with E-state index in [2.05, 4.69) is 0 Å². The van der Waals surface area contributed by atoms with Crippen molar-refractivity contribution in [2.45, 2.75) is 43.8 Å². The number of benzene rings is 1. The van der Waals surface area contributed by atoms with Crippen molar-refractivity contribution in [3.05, 3.63) is 34.9 Å². The van der Waals surface area contributed by atoms with E-state index >= 15 is 0 Å². The summed E-state index contributed by atoms with van der Waals surface area (Å²) >= 11 is 0. The summed E-state index contributed by atoms with van der Waals surface area (Å²) in [6, 6.07) is 3.22. The third kappa shape index (κ3) is 1.81. The van der Waals surface area contributed by atoms with Crippen molar-refractivity contribution in [2.24, 2.45) is 5.92 Å². The van der Waals surface area contributed by atoms with Gasteiger partial charge in [0, 0.05) is 45.7 Å². The number of fused-ring (bicyclic) bond motifs is 3. The minimum Gasteiger partial charge on any atom is -0.333 e. The Hall–Kier alpha value is -1.35. The molecule has 0 spiro atoms. The van der Waals surface area contributed by atoms with Gasteiger partial charge in [-0.25, -0.2) is 0 Å². The molecule has 4 aliphatic heterocycles. The molecule has 22 heavy (non-hydrogen) atoms. The molecule has 1 aromatic rings. The highest BCUT2D eigenvalue weighted by Crippen LogP contribution is 2.41. The van der Waals surface area contributed by atoms with Gasteiger partial charge in [0.2, 0.25) is 0 Å². The van der Waals surface area contributed by atoms with Crippen LogP contribution >= 0.6 is 0 Å². The van der Waals surface area contributed by atoms with Crippen LogP contribution < -0.4 is 0 Å². The van der Waals surface area contributed by atoms with E-state index in [-0.39, 0.29) is 29.7 Å². The molecule has 1 aliphatic carbocycles. The summed E-state index contributed by atoms with van der Waals surface area (Å²) in [7, 11) is 0. The maximum Gasteiger partial charge on any atom is 0.254 e. The van der Waals surface area contributed by atoms with Gasteiger partial charge in [0.05, 0.1) is 0 Å². The molecule has 3 fully saturated rings. The van der Waals surface area contributed by atoms with Gasteiger partial charge in [-0.05, 0) is 68.1 Å². The van der Waals surface area contributed by atoms with Crippen molar-refractivity contribution < 1.29 is 19.9 Å². The third-order valence-electron chi connectivity index (χ3n) is 4.99. The lowest BCUT2D eigenvalue weighted by atomic mass is 9.75. The number of carbonyl (C=O) groups is 1. The number of rotatable bonds is 1. The first-order valence-electron chi connectivity index (χ1n) is 13.1. The first-order chi connectivity index (χ1) is 14.9. The smallest absolute Gasteiger partial charge is 0.254 e. The van der Waals surface area contributed by atoms with Crippen LogP contribution in [-0.4, -0.2) is 47.9 Å². The Bertz CT molecular complexity index is 1060. The standard InChI is InChI=1S/C19H24N2O/c22-19-16-6-2-4-14-3-1-5-15(18(14)16)11-21(19)17-12-20-9-7-13(17)8-10-20/h2,4,6,13,15,17H,1,3,5,7-12H2/t15-,17-/m1/s1/i1D2,3D2,5D2,7D2,9D2,15D/t13-,15-,17-. The lowest BCUT2D eigenvalue weighted by molar-refractivity contribution is 0.00258. The minimum atomic E-state index is -3.08. The molecule has 1 unspecified atom stereocenters. The van der Waals surface area contributed by atoms with Crippen LogP contribution in [0, 0.1) is 5.92 Å². The Morgan fingerprint density at radius 2 is 2.23 bits per heavy atom. The molecule has 0 radical (unpaired) electrons. The second-order valence-corrected chi connectivity index (χ2v) is 6.18. The highest BCUT2D eigenvalue weighted by molar-refractivity contribution is 5.97. The quantitative estimate of drug-likeness (QED) is 0.796. The number of nitrogens with zero attached hydrogens (tertiary/aromatic N) is 2. The molecule has 6 rings (SSSR count). The Morgan fingerprint density at radius 3 is 3.14 bits per heavy atom. The fourth-order valence-corrected chi connectivity index (χ4v) is 3.87. The Kier molecular flexibility index (Phi) is 1.37. The number of amides is 1. The molecule has 2 bridgehead atoms. The van der Waals surface area contributed by atoms with E-state index in [9.17, 15) is 6.17 Å². The highest BCUT2D eigenvalue weighted by atomic mass is 16.2. The van der Waals surface area contributed by atoms with Gasteiger partial charge in [-0.2, -0.15) is 0 Å². The number of hydrogen-bond acceptors (Lipinski definition) is 2. The first kappa shape index (κ1) is 6.27. The Morgan fingerprint density at radius 1 is 1.27 bits per heavy atom. The van der Waals surface area contributed by atoms with Gasteiger partial charge in [-0.15, -0.1) is 0 Å². The van der Waals surface area contributed by atoms with Crippen LogP contribution in [0.25, 0.3) is 0 Å². The summed E-state index contributed by atoms with van der Waals surface area (Å²) < 4.78 is 93.1. The predicted molar refractivity (Wildman–Crippen MR) is 86.1 cm³/mol. The average Bonchev–Trinajstić information content (AvgIpc) is 2.73. The second-order valence-electron chi connectivity index (χ2n) is 6.18. The molecule has 1 aromatic carbocycles. The highest BCUT2D eigenvalue weighted by Gasteiger charge is 2.43. The molecule has 5 aliphatic rings. The van der Waals surface area contributed by atoms with Crippen LogP contribution in [0.1, 0.15) is 68.0 Å². The van der Waals surface area contributed by atoms with E-state index in [1.165, 1.54) is 28.0 Å². The Balaban J connectivity index is 1.69.